The highest BCUT2D eigenvalue weighted by atomic mass is 32.2. The average Bonchev–Trinajstić information content (AvgIpc) is 2.15. The van der Waals surface area contributed by atoms with Gasteiger partial charge in [-0.3, -0.25) is 0 Å². The molecule has 0 amide bonds. The van der Waals surface area contributed by atoms with Gasteiger partial charge in [-0.15, -0.1) is 0 Å². The van der Waals surface area contributed by atoms with E-state index < -0.39 is 16.3 Å². The number of nitrogens with two attached hydrogens (primary N) is 1. The van der Waals surface area contributed by atoms with E-state index in [2.05, 4.69) is 4.72 Å². The van der Waals surface area contributed by atoms with Gasteiger partial charge in [-0.1, -0.05) is 18.2 Å². The fourth-order valence-corrected chi connectivity index (χ4v) is 1.95. The van der Waals surface area contributed by atoms with Crippen LogP contribution < -0.4 is 14.6 Å². The van der Waals surface area contributed by atoms with Crippen LogP contribution in [0.5, 0.6) is 5.75 Å². The van der Waals surface area contributed by atoms with E-state index in [4.69, 9.17) is 9.88 Å². The second-order valence-corrected chi connectivity index (χ2v) is 4.45. The van der Waals surface area contributed by atoms with E-state index in [9.17, 15) is 8.42 Å². The van der Waals surface area contributed by atoms with Gasteiger partial charge in [0.15, 0.2) is 0 Å². The first-order valence-corrected chi connectivity index (χ1v) is 5.91. The molecule has 0 bridgehead atoms. The van der Waals surface area contributed by atoms with Crippen molar-refractivity contribution in [2.45, 2.75) is 13.0 Å². The molecule has 0 aliphatic heterocycles. The zero-order valence-electron chi connectivity index (χ0n) is 8.60. The minimum atomic E-state index is -3.70. The van der Waals surface area contributed by atoms with Crippen molar-refractivity contribution in [1.29, 1.82) is 0 Å². The van der Waals surface area contributed by atoms with E-state index in [0.29, 0.717) is 5.75 Å². The molecule has 0 aliphatic carbocycles. The smallest absolute Gasteiger partial charge is 0.274 e. The van der Waals surface area contributed by atoms with Gasteiger partial charge in [-0.05, 0) is 13.0 Å². The van der Waals surface area contributed by atoms with Crippen molar-refractivity contribution in [2.24, 2.45) is 5.14 Å². The largest absolute Gasteiger partial charge is 0.496 e. The van der Waals surface area contributed by atoms with Gasteiger partial charge in [0.05, 0.1) is 7.11 Å². The van der Waals surface area contributed by atoms with E-state index in [0.717, 1.165) is 5.56 Å². The Bertz CT molecular complexity index is 431. The number of methoxy groups -OCH3 is 1. The Morgan fingerprint density at radius 2 is 2.00 bits per heavy atom. The van der Waals surface area contributed by atoms with E-state index in [1.54, 1.807) is 25.1 Å². The van der Waals surface area contributed by atoms with E-state index >= 15 is 0 Å². The van der Waals surface area contributed by atoms with Crippen LogP contribution in [0.25, 0.3) is 0 Å². The molecule has 15 heavy (non-hydrogen) atoms. The highest BCUT2D eigenvalue weighted by Crippen LogP contribution is 2.24. The van der Waals surface area contributed by atoms with Crippen LogP contribution in [0.3, 0.4) is 0 Å². The molecule has 0 aromatic heterocycles. The summed E-state index contributed by atoms with van der Waals surface area (Å²) in [6, 6.07) is 6.74. The summed E-state index contributed by atoms with van der Waals surface area (Å²) in [6.45, 7) is 1.70. The molecule has 0 fully saturated rings. The maximum absolute atomic E-state index is 10.8. The fraction of sp³-hybridized carbons (Fsp3) is 0.333. The first-order chi connectivity index (χ1) is 6.94. The lowest BCUT2D eigenvalue weighted by atomic mass is 10.1. The Hall–Kier alpha value is -1.11. The van der Waals surface area contributed by atoms with Crippen molar-refractivity contribution < 1.29 is 13.2 Å². The third-order valence-corrected chi connectivity index (χ3v) is 2.63. The third-order valence-electron chi connectivity index (χ3n) is 1.95. The van der Waals surface area contributed by atoms with Crippen LogP contribution in [0.2, 0.25) is 0 Å². The van der Waals surface area contributed by atoms with E-state index in [-0.39, 0.29) is 0 Å². The van der Waals surface area contributed by atoms with Crippen molar-refractivity contribution in [3.63, 3.8) is 0 Å². The van der Waals surface area contributed by atoms with Crippen molar-refractivity contribution in [1.82, 2.24) is 4.72 Å². The molecule has 1 aromatic rings. The molecule has 84 valence electrons. The Balaban J connectivity index is 2.95. The summed E-state index contributed by atoms with van der Waals surface area (Å²) in [7, 11) is -2.17. The second kappa shape index (κ2) is 4.61. The molecule has 0 spiro atoms. The molecule has 1 aromatic carbocycles. The fourth-order valence-electron chi connectivity index (χ4n) is 1.33. The molecule has 1 rings (SSSR count). The number of ether oxygens (including phenoxy) is 1. The van der Waals surface area contributed by atoms with Gasteiger partial charge >= 0.3 is 0 Å². The number of para-hydroxylation sites is 1. The molecule has 0 heterocycles. The van der Waals surface area contributed by atoms with Crippen LogP contribution in [-0.2, 0) is 10.2 Å². The summed E-state index contributed by atoms with van der Waals surface area (Å²) < 4.78 is 29.1. The normalized spacial score (nSPS) is 13.5. The number of hydrogen-bond donors (Lipinski definition) is 2. The zero-order chi connectivity index (χ0) is 11.5. The maximum atomic E-state index is 10.8. The standard InChI is InChI=1S/C9H14N2O3S/c1-7(11-15(10,12)13)8-5-3-4-6-9(8)14-2/h3-7,11H,1-2H3,(H2,10,12,13)/t7-/m1/s1. The van der Waals surface area contributed by atoms with Gasteiger partial charge in [0.2, 0.25) is 0 Å². The van der Waals surface area contributed by atoms with E-state index in [1.165, 1.54) is 7.11 Å². The lowest BCUT2D eigenvalue weighted by Crippen LogP contribution is -2.33. The molecular formula is C9H14N2O3S. The first kappa shape index (κ1) is 12.0. The molecular weight excluding hydrogens is 216 g/mol. The van der Waals surface area contributed by atoms with E-state index in [1.807, 2.05) is 6.07 Å². The molecule has 0 aliphatic rings. The molecule has 5 nitrogen and oxygen atoms in total. The molecule has 0 saturated heterocycles. The van der Waals surface area contributed by atoms with Crippen molar-refractivity contribution in [2.75, 3.05) is 7.11 Å². The number of hydrogen-bond acceptors (Lipinski definition) is 3. The maximum Gasteiger partial charge on any atom is 0.274 e. The zero-order valence-corrected chi connectivity index (χ0v) is 9.41. The lowest BCUT2D eigenvalue weighted by Gasteiger charge is -2.15. The number of rotatable bonds is 4. The van der Waals surface area contributed by atoms with Crippen LogP contribution in [0, 0.1) is 0 Å². The predicted molar refractivity (Wildman–Crippen MR) is 57.7 cm³/mol. The minimum absolute atomic E-state index is 0.420. The van der Waals surface area contributed by atoms with Crippen molar-refractivity contribution in [3.05, 3.63) is 29.8 Å². The summed E-state index contributed by atoms with van der Waals surface area (Å²) in [6.07, 6.45) is 0. The van der Waals surface area contributed by atoms with Crippen molar-refractivity contribution in [3.8, 4) is 5.75 Å². The summed E-state index contributed by atoms with van der Waals surface area (Å²) in [5.74, 6) is 0.626. The van der Waals surface area contributed by atoms with Gasteiger partial charge < -0.3 is 4.74 Å². The average molecular weight is 230 g/mol. The quantitative estimate of drug-likeness (QED) is 0.792. The summed E-state index contributed by atoms with van der Waals surface area (Å²) in [5.41, 5.74) is 0.744. The van der Waals surface area contributed by atoms with Gasteiger partial charge in [-0.25, -0.2) is 5.14 Å². The van der Waals surface area contributed by atoms with Crippen LogP contribution in [0.4, 0.5) is 0 Å². The SMILES string of the molecule is COc1ccccc1[C@@H](C)NS(N)(=O)=O. The Kier molecular flexibility index (Phi) is 3.67. The molecule has 1 atom stereocenters. The van der Waals surface area contributed by atoms with Gasteiger partial charge in [0.1, 0.15) is 5.75 Å². The summed E-state index contributed by atoms with van der Waals surface area (Å²) >= 11 is 0. The predicted octanol–water partition coefficient (Wildman–Crippen LogP) is 0.549. The number of nitrogens with one attached hydrogen (secondary N) is 1. The van der Waals surface area contributed by atoms with Crippen LogP contribution >= 0.6 is 0 Å². The topological polar surface area (TPSA) is 81.4 Å². The highest BCUT2D eigenvalue weighted by molar-refractivity contribution is 7.87. The van der Waals surface area contributed by atoms with Gasteiger partial charge in [-0.2, -0.15) is 13.1 Å². The monoisotopic (exact) mass is 230 g/mol. The molecule has 0 unspecified atom stereocenters. The van der Waals surface area contributed by atoms with Crippen LogP contribution in [-0.4, -0.2) is 15.5 Å². The first-order valence-electron chi connectivity index (χ1n) is 4.37. The number of benzene rings is 1. The van der Waals surface area contributed by atoms with Gasteiger partial charge in [0, 0.05) is 11.6 Å². The summed E-state index contributed by atoms with van der Waals surface area (Å²) in [5, 5.41) is 4.89. The summed E-state index contributed by atoms with van der Waals surface area (Å²) in [4.78, 5) is 0. The molecule has 3 N–H and O–H groups in total. The molecule has 0 radical (unpaired) electrons. The highest BCUT2D eigenvalue weighted by Gasteiger charge is 2.14. The van der Waals surface area contributed by atoms with Gasteiger partial charge in [0.25, 0.3) is 10.2 Å². The molecule has 0 saturated carbocycles. The Morgan fingerprint density at radius 1 is 1.40 bits per heavy atom. The van der Waals surface area contributed by atoms with Crippen LogP contribution in [0.1, 0.15) is 18.5 Å². The Labute approximate surface area is 89.4 Å². The minimum Gasteiger partial charge on any atom is -0.496 e. The van der Waals surface area contributed by atoms with Crippen LogP contribution in [0.15, 0.2) is 24.3 Å². The lowest BCUT2D eigenvalue weighted by molar-refractivity contribution is 0.405. The third kappa shape index (κ3) is 3.50. The second-order valence-electron chi connectivity index (χ2n) is 3.13. The molecule has 6 heteroatoms. The van der Waals surface area contributed by atoms with Crippen molar-refractivity contribution >= 4 is 10.2 Å². The Morgan fingerprint density at radius 3 is 2.53 bits per heavy atom.